The van der Waals surface area contributed by atoms with Crippen LogP contribution in [0.15, 0.2) is 42.9 Å². The molecule has 1 aromatic carbocycles. The summed E-state index contributed by atoms with van der Waals surface area (Å²) in [6.07, 6.45) is 5.73. The fraction of sp³-hybridized carbons (Fsp3) is 0.353. The monoisotopic (exact) mass is 312 g/mol. The van der Waals surface area contributed by atoms with Crippen LogP contribution >= 0.6 is 0 Å². The molecule has 0 bridgehead atoms. The van der Waals surface area contributed by atoms with Crippen molar-refractivity contribution < 1.29 is 9.53 Å². The van der Waals surface area contributed by atoms with Gasteiger partial charge in [-0.05, 0) is 44.1 Å². The Bertz CT molecular complexity index is 663. The lowest BCUT2D eigenvalue weighted by Crippen LogP contribution is -2.30. The number of amides is 1. The molecule has 6 heteroatoms. The Hall–Kier alpha value is -2.47. The van der Waals surface area contributed by atoms with E-state index in [0.29, 0.717) is 23.1 Å². The first-order chi connectivity index (χ1) is 11.3. The van der Waals surface area contributed by atoms with E-state index in [1.807, 2.05) is 24.1 Å². The number of aromatic nitrogens is 2. The molecule has 1 atom stereocenters. The number of rotatable bonds is 5. The molecule has 1 saturated heterocycles. The van der Waals surface area contributed by atoms with Gasteiger partial charge in [-0.2, -0.15) is 0 Å². The highest BCUT2D eigenvalue weighted by molar-refractivity contribution is 5.94. The van der Waals surface area contributed by atoms with Crippen LogP contribution in [0.4, 0.5) is 0 Å². The minimum absolute atomic E-state index is 0.0493. The van der Waals surface area contributed by atoms with Crippen molar-refractivity contribution >= 4 is 5.91 Å². The number of nitrogens with zero attached hydrogens (tertiary/aromatic N) is 3. The summed E-state index contributed by atoms with van der Waals surface area (Å²) in [6, 6.07) is 7.19. The van der Waals surface area contributed by atoms with E-state index in [-0.39, 0.29) is 5.91 Å². The molecule has 0 unspecified atom stereocenters. The highest BCUT2D eigenvalue weighted by Crippen LogP contribution is 2.22. The minimum atomic E-state index is 0.0493. The van der Waals surface area contributed by atoms with E-state index < -0.39 is 0 Å². The Morgan fingerprint density at radius 2 is 2.35 bits per heavy atom. The van der Waals surface area contributed by atoms with Crippen molar-refractivity contribution in [2.45, 2.75) is 6.42 Å². The third-order valence-corrected chi connectivity index (χ3v) is 3.91. The van der Waals surface area contributed by atoms with E-state index >= 15 is 0 Å². The maximum atomic E-state index is 12.6. The van der Waals surface area contributed by atoms with Gasteiger partial charge in [0.15, 0.2) is 0 Å². The molecular weight excluding hydrogens is 292 g/mol. The highest BCUT2D eigenvalue weighted by Gasteiger charge is 2.26. The van der Waals surface area contributed by atoms with Gasteiger partial charge in [-0.1, -0.05) is 6.07 Å². The number of hydrogen-bond acceptors (Lipinski definition) is 5. The van der Waals surface area contributed by atoms with Crippen molar-refractivity contribution in [3.8, 4) is 11.6 Å². The van der Waals surface area contributed by atoms with Gasteiger partial charge in [0.1, 0.15) is 5.75 Å². The predicted molar refractivity (Wildman–Crippen MR) is 86.5 cm³/mol. The average Bonchev–Trinajstić information content (AvgIpc) is 3.04. The molecule has 1 amide bonds. The summed E-state index contributed by atoms with van der Waals surface area (Å²) in [5.41, 5.74) is 0.636. The molecule has 0 radical (unpaired) electrons. The Labute approximate surface area is 135 Å². The Balaban J connectivity index is 1.68. The normalized spacial score (nSPS) is 17.3. The summed E-state index contributed by atoms with van der Waals surface area (Å²) in [6.45, 7) is 2.55. The van der Waals surface area contributed by atoms with Crippen molar-refractivity contribution in [2.75, 3.05) is 26.7 Å². The molecule has 23 heavy (non-hydrogen) atoms. The molecule has 0 aliphatic carbocycles. The molecule has 2 heterocycles. The number of likely N-dealkylation sites (tertiary alicyclic amines) is 1. The molecule has 0 spiro atoms. The molecule has 120 valence electrons. The highest BCUT2D eigenvalue weighted by atomic mass is 16.5. The van der Waals surface area contributed by atoms with E-state index in [0.717, 1.165) is 26.1 Å². The van der Waals surface area contributed by atoms with Crippen molar-refractivity contribution in [1.82, 2.24) is 20.2 Å². The number of carbonyl (C=O) groups excluding carboxylic acids is 1. The van der Waals surface area contributed by atoms with E-state index in [9.17, 15) is 4.79 Å². The molecule has 6 nitrogen and oxygen atoms in total. The fourth-order valence-corrected chi connectivity index (χ4v) is 2.81. The third kappa shape index (κ3) is 3.84. The zero-order chi connectivity index (χ0) is 16.1. The summed E-state index contributed by atoms with van der Waals surface area (Å²) in [7, 11) is 1.94. The van der Waals surface area contributed by atoms with Crippen LogP contribution in [0.2, 0.25) is 0 Å². The Morgan fingerprint density at radius 3 is 3.13 bits per heavy atom. The van der Waals surface area contributed by atoms with Gasteiger partial charge in [0.2, 0.25) is 5.88 Å². The van der Waals surface area contributed by atoms with E-state index in [2.05, 4.69) is 15.3 Å². The van der Waals surface area contributed by atoms with Crippen LogP contribution in [0.25, 0.3) is 0 Å². The van der Waals surface area contributed by atoms with Crippen molar-refractivity contribution in [2.24, 2.45) is 5.92 Å². The number of ether oxygens (including phenoxy) is 1. The van der Waals surface area contributed by atoms with Gasteiger partial charge in [-0.3, -0.25) is 9.78 Å². The van der Waals surface area contributed by atoms with Crippen LogP contribution in [0, 0.1) is 5.92 Å². The lowest BCUT2D eigenvalue weighted by atomic mass is 10.1. The van der Waals surface area contributed by atoms with Crippen LogP contribution in [-0.4, -0.2) is 47.5 Å². The molecule has 1 aromatic heterocycles. The molecular formula is C17H20N4O2. The molecule has 3 rings (SSSR count). The van der Waals surface area contributed by atoms with Crippen molar-refractivity contribution in [1.29, 1.82) is 0 Å². The van der Waals surface area contributed by atoms with Gasteiger partial charge in [0, 0.05) is 31.0 Å². The van der Waals surface area contributed by atoms with Crippen LogP contribution in [-0.2, 0) is 0 Å². The molecule has 2 aromatic rings. The van der Waals surface area contributed by atoms with E-state index in [1.54, 1.807) is 24.5 Å². The second-order valence-corrected chi connectivity index (χ2v) is 5.64. The largest absolute Gasteiger partial charge is 0.437 e. The van der Waals surface area contributed by atoms with Gasteiger partial charge in [0.05, 0.1) is 6.20 Å². The maximum Gasteiger partial charge on any atom is 0.253 e. The molecule has 1 aliphatic rings. The van der Waals surface area contributed by atoms with Gasteiger partial charge < -0.3 is 15.0 Å². The Morgan fingerprint density at radius 1 is 1.43 bits per heavy atom. The molecule has 1 aliphatic heterocycles. The van der Waals surface area contributed by atoms with E-state index in [4.69, 9.17) is 4.74 Å². The molecule has 0 saturated carbocycles. The Kier molecular flexibility index (Phi) is 4.83. The van der Waals surface area contributed by atoms with Gasteiger partial charge in [-0.15, -0.1) is 0 Å². The summed E-state index contributed by atoms with van der Waals surface area (Å²) in [5, 5.41) is 3.17. The second-order valence-electron chi connectivity index (χ2n) is 5.64. The average molecular weight is 312 g/mol. The zero-order valence-electron chi connectivity index (χ0n) is 13.1. The summed E-state index contributed by atoms with van der Waals surface area (Å²) in [5.74, 6) is 1.57. The number of benzene rings is 1. The van der Waals surface area contributed by atoms with E-state index in [1.165, 1.54) is 6.20 Å². The SMILES string of the molecule is CNC[C@H]1CCN(C(=O)c2cccc(Oc3cnccn3)c2)C1. The van der Waals surface area contributed by atoms with Gasteiger partial charge in [0.25, 0.3) is 5.91 Å². The predicted octanol–water partition coefficient (Wildman–Crippen LogP) is 1.95. The quantitative estimate of drug-likeness (QED) is 0.914. The lowest BCUT2D eigenvalue weighted by molar-refractivity contribution is 0.0787. The first kappa shape index (κ1) is 15.4. The van der Waals surface area contributed by atoms with Crippen LogP contribution in [0.3, 0.4) is 0 Å². The first-order valence-electron chi connectivity index (χ1n) is 7.74. The van der Waals surface area contributed by atoms with Crippen LogP contribution in [0.5, 0.6) is 11.6 Å². The van der Waals surface area contributed by atoms with Crippen LogP contribution in [0.1, 0.15) is 16.8 Å². The smallest absolute Gasteiger partial charge is 0.253 e. The summed E-state index contributed by atoms with van der Waals surface area (Å²) < 4.78 is 5.64. The summed E-state index contributed by atoms with van der Waals surface area (Å²) >= 11 is 0. The van der Waals surface area contributed by atoms with Crippen molar-refractivity contribution in [3.63, 3.8) is 0 Å². The first-order valence-corrected chi connectivity index (χ1v) is 7.74. The maximum absolute atomic E-state index is 12.6. The fourth-order valence-electron chi connectivity index (χ4n) is 2.81. The van der Waals surface area contributed by atoms with Crippen LogP contribution < -0.4 is 10.1 Å². The van der Waals surface area contributed by atoms with Gasteiger partial charge >= 0.3 is 0 Å². The number of carbonyl (C=O) groups is 1. The second kappa shape index (κ2) is 7.19. The molecule has 1 fully saturated rings. The van der Waals surface area contributed by atoms with Gasteiger partial charge in [-0.25, -0.2) is 4.98 Å². The minimum Gasteiger partial charge on any atom is -0.437 e. The summed E-state index contributed by atoms with van der Waals surface area (Å²) in [4.78, 5) is 22.6. The number of hydrogen-bond donors (Lipinski definition) is 1. The third-order valence-electron chi connectivity index (χ3n) is 3.91. The molecule has 1 N–H and O–H groups in total. The van der Waals surface area contributed by atoms with Crippen molar-refractivity contribution in [3.05, 3.63) is 48.4 Å². The lowest BCUT2D eigenvalue weighted by Gasteiger charge is -2.17. The zero-order valence-corrected chi connectivity index (χ0v) is 13.1. The topological polar surface area (TPSA) is 67.4 Å². The standard InChI is InChI=1S/C17H20N4O2/c1-18-10-13-5-8-21(12-13)17(22)14-3-2-4-15(9-14)23-16-11-19-6-7-20-16/h2-4,6-7,9,11,13,18H,5,8,10,12H2,1H3/t13-/m1/s1. The number of nitrogens with one attached hydrogen (secondary N) is 1.